The number of amides is 2. The third kappa shape index (κ3) is 4.45. The van der Waals surface area contributed by atoms with Gasteiger partial charge in [0.25, 0.3) is 0 Å². The smallest absolute Gasteiger partial charge is 0.309 e. The van der Waals surface area contributed by atoms with Crippen LogP contribution in [0.4, 0.5) is 0 Å². The van der Waals surface area contributed by atoms with Crippen molar-refractivity contribution in [2.75, 3.05) is 26.2 Å². The zero-order valence-corrected chi connectivity index (χ0v) is 16.3. The molecule has 3 rings (SSSR count). The summed E-state index contributed by atoms with van der Waals surface area (Å²) >= 11 is 0. The van der Waals surface area contributed by atoms with Gasteiger partial charge in [0, 0.05) is 32.7 Å². The number of piperidine rings is 2. The van der Waals surface area contributed by atoms with Crippen LogP contribution in [0.1, 0.15) is 58.3 Å². The molecule has 0 aromatic heterocycles. The second kappa shape index (κ2) is 9.04. The Balaban J connectivity index is 1.57. The molecule has 7 heteroatoms. The molecule has 27 heavy (non-hydrogen) atoms. The van der Waals surface area contributed by atoms with Gasteiger partial charge in [-0.3, -0.25) is 14.4 Å². The van der Waals surface area contributed by atoms with E-state index in [-0.39, 0.29) is 29.9 Å². The van der Waals surface area contributed by atoms with E-state index in [0.29, 0.717) is 39.1 Å². The van der Waals surface area contributed by atoms with E-state index >= 15 is 0 Å². The lowest BCUT2D eigenvalue weighted by molar-refractivity contribution is -0.150. The van der Waals surface area contributed by atoms with Crippen LogP contribution in [0, 0.1) is 11.8 Å². The largest absolute Gasteiger partial charge is 0.481 e. The number of ether oxygens (including phenoxy) is 1. The molecule has 2 amide bonds. The van der Waals surface area contributed by atoms with Crippen LogP contribution in [0.15, 0.2) is 0 Å². The molecule has 7 nitrogen and oxygen atoms in total. The van der Waals surface area contributed by atoms with Gasteiger partial charge >= 0.3 is 5.97 Å². The van der Waals surface area contributed by atoms with E-state index in [2.05, 4.69) is 0 Å². The molecule has 3 aliphatic rings. The van der Waals surface area contributed by atoms with Crippen molar-refractivity contribution in [3.05, 3.63) is 0 Å². The van der Waals surface area contributed by atoms with Crippen molar-refractivity contribution in [2.24, 2.45) is 11.8 Å². The molecule has 0 radical (unpaired) electrons. The van der Waals surface area contributed by atoms with Gasteiger partial charge in [0.2, 0.25) is 11.8 Å². The van der Waals surface area contributed by atoms with Gasteiger partial charge in [-0.2, -0.15) is 0 Å². The molecule has 3 atom stereocenters. The number of carbonyl (C=O) groups excluding carboxylic acids is 2. The molecule has 1 N–H and O–H groups in total. The van der Waals surface area contributed by atoms with E-state index in [1.54, 1.807) is 4.90 Å². The SMILES string of the molecule is CCCC(=O)N1CCCCC1C(=O)N1CCC([C@@H]2OCCC2C(=O)O)CC1. The molecule has 0 aliphatic carbocycles. The Morgan fingerprint density at radius 2 is 1.78 bits per heavy atom. The third-order valence-electron chi connectivity index (χ3n) is 6.34. The zero-order chi connectivity index (χ0) is 19.4. The number of carboxylic acid groups (broad SMARTS) is 1. The number of aliphatic carboxylic acids is 1. The van der Waals surface area contributed by atoms with Crippen molar-refractivity contribution in [1.29, 1.82) is 0 Å². The standard InChI is InChI=1S/C20H32N2O5/c1-2-5-17(23)22-10-4-3-6-16(22)19(24)21-11-7-14(8-12-21)18-15(20(25)26)9-13-27-18/h14-16,18H,2-13H2,1H3,(H,25,26)/t15?,16?,18-/m0/s1. The first-order chi connectivity index (χ1) is 13.0. The molecule has 0 bridgehead atoms. The van der Waals surface area contributed by atoms with Crippen molar-refractivity contribution < 1.29 is 24.2 Å². The number of rotatable bonds is 5. The van der Waals surface area contributed by atoms with E-state index in [0.717, 1.165) is 38.5 Å². The van der Waals surface area contributed by atoms with Crippen LogP contribution >= 0.6 is 0 Å². The minimum atomic E-state index is -0.775. The number of carbonyl (C=O) groups is 3. The van der Waals surface area contributed by atoms with Crippen LogP contribution in [0.3, 0.4) is 0 Å². The highest BCUT2D eigenvalue weighted by Crippen LogP contribution is 2.34. The second-order valence-corrected chi connectivity index (χ2v) is 8.08. The number of hydrogen-bond acceptors (Lipinski definition) is 4. The Hall–Kier alpha value is -1.63. The Labute approximate surface area is 161 Å². The second-order valence-electron chi connectivity index (χ2n) is 8.08. The highest BCUT2D eigenvalue weighted by atomic mass is 16.5. The van der Waals surface area contributed by atoms with Crippen LogP contribution < -0.4 is 0 Å². The summed E-state index contributed by atoms with van der Waals surface area (Å²) in [4.78, 5) is 40.6. The molecule has 0 spiro atoms. The van der Waals surface area contributed by atoms with Crippen molar-refractivity contribution in [3.63, 3.8) is 0 Å². The van der Waals surface area contributed by atoms with Gasteiger partial charge in [0.15, 0.2) is 0 Å². The lowest BCUT2D eigenvalue weighted by atomic mass is 9.84. The molecule has 152 valence electrons. The van der Waals surface area contributed by atoms with Crippen LogP contribution in [-0.4, -0.2) is 71.1 Å². The van der Waals surface area contributed by atoms with Crippen molar-refractivity contribution in [2.45, 2.75) is 70.4 Å². The number of hydrogen-bond donors (Lipinski definition) is 1. The molecule has 3 aliphatic heterocycles. The van der Waals surface area contributed by atoms with Gasteiger partial charge in [-0.15, -0.1) is 0 Å². The quantitative estimate of drug-likeness (QED) is 0.787. The van der Waals surface area contributed by atoms with E-state index in [9.17, 15) is 19.5 Å². The van der Waals surface area contributed by atoms with Crippen molar-refractivity contribution in [1.82, 2.24) is 9.80 Å². The van der Waals surface area contributed by atoms with Crippen LogP contribution in [0.5, 0.6) is 0 Å². The summed E-state index contributed by atoms with van der Waals surface area (Å²) in [7, 11) is 0. The minimum Gasteiger partial charge on any atom is -0.481 e. The zero-order valence-electron chi connectivity index (χ0n) is 16.3. The van der Waals surface area contributed by atoms with Crippen molar-refractivity contribution in [3.8, 4) is 0 Å². The monoisotopic (exact) mass is 380 g/mol. The fraction of sp³-hybridized carbons (Fsp3) is 0.850. The van der Waals surface area contributed by atoms with E-state index < -0.39 is 11.9 Å². The summed E-state index contributed by atoms with van der Waals surface area (Å²) in [5, 5.41) is 9.37. The normalized spacial score (nSPS) is 29.7. The topological polar surface area (TPSA) is 87.2 Å². The van der Waals surface area contributed by atoms with Crippen molar-refractivity contribution >= 4 is 17.8 Å². The number of carboxylic acids is 1. The first-order valence-corrected chi connectivity index (χ1v) is 10.5. The third-order valence-corrected chi connectivity index (χ3v) is 6.34. The lowest BCUT2D eigenvalue weighted by Crippen LogP contribution is -2.55. The summed E-state index contributed by atoms with van der Waals surface area (Å²) in [6, 6.07) is -0.316. The first kappa shape index (κ1) is 20.1. The Morgan fingerprint density at radius 1 is 1.04 bits per heavy atom. The number of likely N-dealkylation sites (tertiary alicyclic amines) is 2. The molecular weight excluding hydrogens is 348 g/mol. The maximum atomic E-state index is 13.1. The summed E-state index contributed by atoms with van der Waals surface area (Å²) in [5.74, 6) is -0.836. The predicted molar refractivity (Wildman–Crippen MR) is 99.0 cm³/mol. The van der Waals surface area contributed by atoms with Crippen LogP contribution in [0.2, 0.25) is 0 Å². The Kier molecular flexibility index (Phi) is 6.73. The molecule has 3 heterocycles. The van der Waals surface area contributed by atoms with Crippen LogP contribution in [0.25, 0.3) is 0 Å². The van der Waals surface area contributed by atoms with E-state index in [4.69, 9.17) is 4.74 Å². The molecule has 3 fully saturated rings. The molecule has 2 unspecified atom stereocenters. The maximum absolute atomic E-state index is 13.1. The maximum Gasteiger partial charge on any atom is 0.309 e. The molecular formula is C20H32N2O5. The Bertz CT molecular complexity index is 559. The van der Waals surface area contributed by atoms with E-state index in [1.165, 1.54) is 0 Å². The van der Waals surface area contributed by atoms with Gasteiger partial charge in [-0.25, -0.2) is 0 Å². The Morgan fingerprint density at radius 3 is 2.44 bits per heavy atom. The predicted octanol–water partition coefficient (Wildman–Crippen LogP) is 1.90. The van der Waals surface area contributed by atoms with Gasteiger partial charge in [0.1, 0.15) is 6.04 Å². The van der Waals surface area contributed by atoms with Crippen LogP contribution in [-0.2, 0) is 19.1 Å². The average molecular weight is 380 g/mol. The van der Waals surface area contributed by atoms with Gasteiger partial charge in [0.05, 0.1) is 12.0 Å². The lowest BCUT2D eigenvalue weighted by Gasteiger charge is -2.41. The average Bonchev–Trinajstić information content (AvgIpc) is 3.18. The summed E-state index contributed by atoms with van der Waals surface area (Å²) in [5.41, 5.74) is 0. The van der Waals surface area contributed by atoms with E-state index in [1.807, 2.05) is 11.8 Å². The van der Waals surface area contributed by atoms with Gasteiger partial charge in [-0.05, 0) is 50.9 Å². The first-order valence-electron chi connectivity index (χ1n) is 10.5. The molecule has 0 aromatic carbocycles. The summed E-state index contributed by atoms with van der Waals surface area (Å²) in [6.07, 6.45) is 5.91. The minimum absolute atomic E-state index is 0.0692. The van der Waals surface area contributed by atoms with Gasteiger partial charge < -0.3 is 19.6 Å². The molecule has 3 saturated heterocycles. The molecule has 0 aromatic rings. The summed E-state index contributed by atoms with van der Waals surface area (Å²) in [6.45, 7) is 4.43. The highest BCUT2D eigenvalue weighted by Gasteiger charge is 2.42. The van der Waals surface area contributed by atoms with Gasteiger partial charge in [-0.1, -0.05) is 6.92 Å². The summed E-state index contributed by atoms with van der Waals surface area (Å²) < 4.78 is 5.72. The number of nitrogens with zero attached hydrogens (tertiary/aromatic N) is 2. The molecule has 0 saturated carbocycles. The fourth-order valence-electron chi connectivity index (χ4n) is 4.84. The highest BCUT2D eigenvalue weighted by molar-refractivity contribution is 5.88. The fourth-order valence-corrected chi connectivity index (χ4v) is 4.84.